The molecule has 1 atom stereocenters. The number of hydrogen-bond donors (Lipinski definition) is 0. The van der Waals surface area contributed by atoms with Gasteiger partial charge in [-0.05, 0) is 18.9 Å². The van der Waals surface area contributed by atoms with Crippen LogP contribution in [0.15, 0.2) is 48.8 Å². The minimum absolute atomic E-state index is 0.0952. The van der Waals surface area contributed by atoms with Crippen LogP contribution in [-0.4, -0.2) is 77.3 Å². The van der Waals surface area contributed by atoms with Crippen molar-refractivity contribution >= 4 is 17.6 Å². The molecule has 1 amide bonds. The first-order valence-corrected chi connectivity index (χ1v) is 10.3. The number of amides is 1. The highest BCUT2D eigenvalue weighted by molar-refractivity contribution is 5.98. The van der Waals surface area contributed by atoms with Crippen molar-refractivity contribution in [3.05, 3.63) is 54.4 Å². The zero-order chi connectivity index (χ0) is 20.1. The first-order chi connectivity index (χ1) is 14.2. The Morgan fingerprint density at radius 2 is 1.66 bits per heavy atom. The molecular formula is C22H27N5O2. The fourth-order valence-corrected chi connectivity index (χ4v) is 4.11. The Balaban J connectivity index is 1.28. The minimum Gasteiger partial charge on any atom is -0.341 e. The lowest BCUT2D eigenvalue weighted by atomic mass is 9.90. The number of likely N-dealkylation sites (tertiary alicyclic amines) is 1. The lowest BCUT2D eigenvalue weighted by Gasteiger charge is -2.37. The van der Waals surface area contributed by atoms with Gasteiger partial charge in [0.05, 0.1) is 6.54 Å². The van der Waals surface area contributed by atoms with Gasteiger partial charge in [0, 0.05) is 63.1 Å². The summed E-state index contributed by atoms with van der Waals surface area (Å²) in [5.74, 6) is 0.929. The van der Waals surface area contributed by atoms with Gasteiger partial charge in [-0.2, -0.15) is 0 Å². The molecule has 4 rings (SSSR count). The number of hydrogen-bond acceptors (Lipinski definition) is 6. The number of Topliss-reactive ketones (excluding diaryl/α,β-unsaturated/α-hetero) is 1. The van der Waals surface area contributed by atoms with Gasteiger partial charge in [-0.3, -0.25) is 14.5 Å². The Labute approximate surface area is 171 Å². The molecule has 0 N–H and O–H groups in total. The predicted molar refractivity (Wildman–Crippen MR) is 111 cm³/mol. The van der Waals surface area contributed by atoms with Gasteiger partial charge in [-0.25, -0.2) is 9.97 Å². The van der Waals surface area contributed by atoms with Crippen LogP contribution >= 0.6 is 0 Å². The maximum atomic E-state index is 12.9. The van der Waals surface area contributed by atoms with Crippen LogP contribution in [0.2, 0.25) is 0 Å². The first-order valence-electron chi connectivity index (χ1n) is 10.3. The van der Waals surface area contributed by atoms with Crippen molar-refractivity contribution in [2.75, 3.05) is 50.7 Å². The van der Waals surface area contributed by atoms with E-state index in [1.807, 2.05) is 41.3 Å². The number of piperidine rings is 1. The van der Waals surface area contributed by atoms with Crippen LogP contribution in [0.5, 0.6) is 0 Å². The molecule has 3 heterocycles. The molecule has 2 fully saturated rings. The zero-order valence-electron chi connectivity index (χ0n) is 16.6. The Bertz CT molecular complexity index is 822. The molecule has 2 saturated heterocycles. The number of aromatic nitrogens is 2. The van der Waals surface area contributed by atoms with E-state index in [1.54, 1.807) is 12.4 Å². The Kier molecular flexibility index (Phi) is 6.14. The van der Waals surface area contributed by atoms with Gasteiger partial charge < -0.3 is 9.80 Å². The summed E-state index contributed by atoms with van der Waals surface area (Å²) >= 11 is 0. The molecule has 0 aliphatic carbocycles. The monoisotopic (exact) mass is 393 g/mol. The standard InChI is InChI=1S/C22H27N5O2/c28-20(17-25-12-14-26(15-13-25)22-23-9-5-10-24-22)27-11-4-8-19(16-27)21(29)18-6-2-1-3-7-18/h1-3,5-7,9-10,19H,4,8,11-17H2/t19-/m1/s1. The van der Waals surface area contributed by atoms with Gasteiger partial charge in [-0.1, -0.05) is 30.3 Å². The largest absolute Gasteiger partial charge is 0.341 e. The number of anilines is 1. The summed E-state index contributed by atoms with van der Waals surface area (Å²) in [6, 6.07) is 11.2. The molecular weight excluding hydrogens is 366 g/mol. The van der Waals surface area contributed by atoms with Crippen LogP contribution in [-0.2, 0) is 4.79 Å². The van der Waals surface area contributed by atoms with Crippen molar-refractivity contribution in [3.63, 3.8) is 0 Å². The second-order valence-electron chi connectivity index (χ2n) is 7.72. The molecule has 7 nitrogen and oxygen atoms in total. The van der Waals surface area contributed by atoms with Gasteiger partial charge in [0.25, 0.3) is 0 Å². The predicted octanol–water partition coefficient (Wildman–Crippen LogP) is 1.72. The summed E-state index contributed by atoms with van der Waals surface area (Å²) in [6.45, 7) is 4.93. The van der Waals surface area contributed by atoms with Gasteiger partial charge in [0.1, 0.15) is 0 Å². The van der Waals surface area contributed by atoms with Crippen molar-refractivity contribution in [2.24, 2.45) is 5.92 Å². The number of carbonyl (C=O) groups is 2. The number of ketones is 1. The third kappa shape index (κ3) is 4.79. The van der Waals surface area contributed by atoms with Crippen LogP contribution in [0, 0.1) is 5.92 Å². The molecule has 0 bridgehead atoms. The summed E-state index contributed by atoms with van der Waals surface area (Å²) < 4.78 is 0. The molecule has 7 heteroatoms. The minimum atomic E-state index is -0.0952. The highest BCUT2D eigenvalue weighted by atomic mass is 16.2. The smallest absolute Gasteiger partial charge is 0.236 e. The van der Waals surface area contributed by atoms with Gasteiger partial charge in [0.2, 0.25) is 11.9 Å². The van der Waals surface area contributed by atoms with E-state index in [-0.39, 0.29) is 17.6 Å². The molecule has 1 aromatic heterocycles. The fourth-order valence-electron chi connectivity index (χ4n) is 4.11. The molecule has 29 heavy (non-hydrogen) atoms. The topological polar surface area (TPSA) is 69.6 Å². The summed E-state index contributed by atoms with van der Waals surface area (Å²) in [6.07, 6.45) is 5.24. The van der Waals surface area contributed by atoms with Gasteiger partial charge in [0.15, 0.2) is 5.78 Å². The average molecular weight is 393 g/mol. The molecule has 0 saturated carbocycles. The highest BCUT2D eigenvalue weighted by Crippen LogP contribution is 2.21. The van der Waals surface area contributed by atoms with E-state index in [0.29, 0.717) is 13.1 Å². The maximum Gasteiger partial charge on any atom is 0.236 e. The molecule has 2 aromatic rings. The fraction of sp³-hybridized carbons (Fsp3) is 0.455. The average Bonchev–Trinajstić information content (AvgIpc) is 2.80. The summed E-state index contributed by atoms with van der Waals surface area (Å²) in [7, 11) is 0. The number of benzene rings is 1. The second-order valence-corrected chi connectivity index (χ2v) is 7.72. The molecule has 2 aliphatic rings. The number of piperazine rings is 1. The SMILES string of the molecule is O=C(c1ccccc1)[C@@H]1CCCN(C(=O)CN2CCN(c3ncccn3)CC2)C1. The third-order valence-corrected chi connectivity index (χ3v) is 5.77. The van der Waals surface area contributed by atoms with E-state index < -0.39 is 0 Å². The normalized spacial score (nSPS) is 20.5. The van der Waals surface area contributed by atoms with Crippen molar-refractivity contribution in [1.82, 2.24) is 19.8 Å². The van der Waals surface area contributed by atoms with Gasteiger partial charge in [-0.15, -0.1) is 0 Å². The third-order valence-electron chi connectivity index (χ3n) is 5.77. The van der Waals surface area contributed by atoms with Crippen molar-refractivity contribution < 1.29 is 9.59 Å². The van der Waals surface area contributed by atoms with E-state index in [4.69, 9.17) is 0 Å². The molecule has 0 unspecified atom stereocenters. The maximum absolute atomic E-state index is 12.9. The van der Waals surface area contributed by atoms with Gasteiger partial charge >= 0.3 is 0 Å². The van der Waals surface area contributed by atoms with E-state index in [0.717, 1.165) is 57.1 Å². The Morgan fingerprint density at radius 1 is 0.931 bits per heavy atom. The Hall–Kier alpha value is -2.80. The highest BCUT2D eigenvalue weighted by Gasteiger charge is 2.30. The van der Waals surface area contributed by atoms with E-state index >= 15 is 0 Å². The summed E-state index contributed by atoms with van der Waals surface area (Å²) in [5, 5.41) is 0. The van der Waals surface area contributed by atoms with E-state index in [1.165, 1.54) is 0 Å². The zero-order valence-corrected chi connectivity index (χ0v) is 16.6. The van der Waals surface area contributed by atoms with E-state index in [9.17, 15) is 9.59 Å². The Morgan fingerprint density at radius 3 is 2.38 bits per heavy atom. The van der Waals surface area contributed by atoms with Crippen LogP contribution in [0.1, 0.15) is 23.2 Å². The molecule has 0 spiro atoms. The van der Waals surface area contributed by atoms with Crippen molar-refractivity contribution in [2.45, 2.75) is 12.8 Å². The van der Waals surface area contributed by atoms with Crippen LogP contribution in [0.3, 0.4) is 0 Å². The van der Waals surface area contributed by atoms with Crippen LogP contribution in [0.4, 0.5) is 5.95 Å². The lowest BCUT2D eigenvalue weighted by molar-refractivity contribution is -0.133. The first kappa shape index (κ1) is 19.5. The molecule has 152 valence electrons. The van der Waals surface area contributed by atoms with Crippen molar-refractivity contribution in [3.8, 4) is 0 Å². The number of carbonyl (C=O) groups excluding carboxylic acids is 2. The van der Waals surface area contributed by atoms with Crippen molar-refractivity contribution in [1.29, 1.82) is 0 Å². The second kappa shape index (κ2) is 9.13. The lowest BCUT2D eigenvalue weighted by Crippen LogP contribution is -2.52. The quantitative estimate of drug-likeness (QED) is 0.721. The molecule has 2 aliphatic heterocycles. The van der Waals surface area contributed by atoms with E-state index in [2.05, 4.69) is 19.8 Å². The number of rotatable bonds is 5. The molecule has 1 aromatic carbocycles. The molecule has 0 radical (unpaired) electrons. The number of nitrogens with zero attached hydrogens (tertiary/aromatic N) is 5. The summed E-state index contributed by atoms with van der Waals surface area (Å²) in [5.41, 5.74) is 0.742. The van der Waals surface area contributed by atoms with Crippen LogP contribution in [0.25, 0.3) is 0 Å². The summed E-state index contributed by atoms with van der Waals surface area (Å²) in [4.78, 5) is 40.4. The van der Waals surface area contributed by atoms with Crippen LogP contribution < -0.4 is 4.90 Å².